The van der Waals surface area contributed by atoms with Crippen LogP contribution in [0.15, 0.2) is 24.3 Å². The third kappa shape index (κ3) is 1.56. The van der Waals surface area contributed by atoms with Crippen LogP contribution < -0.4 is 11.1 Å². The molecule has 1 rings (SSSR count). The molecule has 0 fully saturated rings. The molecule has 0 aliphatic carbocycles. The summed E-state index contributed by atoms with van der Waals surface area (Å²) in [6, 6.07) is 8.03. The first kappa shape index (κ1) is 7.25. The molecule has 1 aromatic carbocycles. The normalized spacial score (nSPS) is 9.80. The zero-order valence-corrected chi connectivity index (χ0v) is 5.88. The highest BCUT2D eigenvalue weighted by molar-refractivity contribution is 5.32. The highest BCUT2D eigenvalue weighted by Gasteiger charge is 1.90. The lowest BCUT2D eigenvalue weighted by molar-refractivity contribution is -0.504. The first-order valence-electron chi connectivity index (χ1n) is 3.28. The lowest BCUT2D eigenvalue weighted by Gasteiger charge is -2.00. The number of rotatable bonds is 2. The van der Waals surface area contributed by atoms with Crippen LogP contribution in [0.2, 0.25) is 0 Å². The third-order valence-corrected chi connectivity index (χ3v) is 1.42. The van der Waals surface area contributed by atoms with Crippen molar-refractivity contribution in [1.29, 1.82) is 0 Å². The Kier molecular flexibility index (Phi) is 2.42. The maximum Gasteiger partial charge on any atom is 0.103 e. The summed E-state index contributed by atoms with van der Waals surface area (Å²) in [7, 11) is 3.67. The standard InChI is InChI=1S/C8H12N2/c1-10-8-4-2-3-7(5-8)6-9/h2-5H,1,6,9-10H2. The molecule has 0 saturated heterocycles. The van der Waals surface area contributed by atoms with Crippen molar-refractivity contribution >= 4 is 5.69 Å². The van der Waals surface area contributed by atoms with Crippen LogP contribution in [0.25, 0.3) is 0 Å². The summed E-state index contributed by atoms with van der Waals surface area (Å²) in [5, 5.41) is 1.82. The zero-order chi connectivity index (χ0) is 7.40. The van der Waals surface area contributed by atoms with E-state index in [2.05, 4.69) is 7.05 Å². The Hall–Kier alpha value is -0.860. The van der Waals surface area contributed by atoms with Crippen LogP contribution in [-0.2, 0) is 6.54 Å². The van der Waals surface area contributed by atoms with Crippen LogP contribution in [0.3, 0.4) is 0 Å². The molecule has 0 heterocycles. The Morgan fingerprint density at radius 2 is 2.30 bits per heavy atom. The van der Waals surface area contributed by atoms with Crippen molar-refractivity contribution in [2.24, 2.45) is 5.73 Å². The molecule has 0 saturated carbocycles. The van der Waals surface area contributed by atoms with Crippen molar-refractivity contribution < 1.29 is 5.32 Å². The molecule has 1 aromatic rings. The highest BCUT2D eigenvalue weighted by Crippen LogP contribution is 2.03. The molecule has 0 amide bonds. The minimum atomic E-state index is 0.599. The van der Waals surface area contributed by atoms with Gasteiger partial charge in [-0.2, -0.15) is 0 Å². The number of hydrogen-bond donors (Lipinski definition) is 2. The first-order valence-corrected chi connectivity index (χ1v) is 3.28. The first-order chi connectivity index (χ1) is 4.86. The van der Waals surface area contributed by atoms with Gasteiger partial charge in [-0.25, -0.2) is 0 Å². The fraction of sp³-hybridized carbons (Fsp3) is 0.125. The summed E-state index contributed by atoms with van der Waals surface area (Å²) in [4.78, 5) is 0. The van der Waals surface area contributed by atoms with Crippen molar-refractivity contribution in [2.45, 2.75) is 6.54 Å². The second-order valence-electron chi connectivity index (χ2n) is 2.15. The van der Waals surface area contributed by atoms with Crippen LogP contribution in [0.1, 0.15) is 5.56 Å². The van der Waals surface area contributed by atoms with E-state index in [1.165, 1.54) is 0 Å². The predicted molar refractivity (Wildman–Crippen MR) is 41.3 cm³/mol. The summed E-state index contributed by atoms with van der Waals surface area (Å²) in [5.41, 5.74) is 7.72. The molecule has 0 aromatic heterocycles. The summed E-state index contributed by atoms with van der Waals surface area (Å²) in [6.07, 6.45) is 0. The average molecular weight is 136 g/mol. The van der Waals surface area contributed by atoms with Gasteiger partial charge in [0.2, 0.25) is 0 Å². The molecule has 0 aliphatic heterocycles. The molecule has 0 aliphatic rings. The molecule has 10 heavy (non-hydrogen) atoms. The van der Waals surface area contributed by atoms with Crippen LogP contribution in [-0.4, -0.2) is 0 Å². The van der Waals surface area contributed by atoms with Crippen molar-refractivity contribution in [3.05, 3.63) is 36.9 Å². The van der Waals surface area contributed by atoms with E-state index >= 15 is 0 Å². The Bertz CT molecular complexity index is 189. The van der Waals surface area contributed by atoms with Crippen LogP contribution in [0.4, 0.5) is 5.69 Å². The molecule has 0 spiro atoms. The van der Waals surface area contributed by atoms with E-state index in [0.717, 1.165) is 11.3 Å². The maximum absolute atomic E-state index is 5.44. The van der Waals surface area contributed by atoms with Gasteiger partial charge in [-0.3, -0.25) is 0 Å². The van der Waals surface area contributed by atoms with Crippen molar-refractivity contribution in [3.8, 4) is 0 Å². The van der Waals surface area contributed by atoms with Gasteiger partial charge >= 0.3 is 0 Å². The van der Waals surface area contributed by atoms with Crippen LogP contribution in [0.5, 0.6) is 0 Å². The van der Waals surface area contributed by atoms with Gasteiger partial charge in [0, 0.05) is 12.6 Å². The van der Waals surface area contributed by atoms with Gasteiger partial charge in [0.1, 0.15) is 5.69 Å². The molecule has 0 atom stereocenters. The van der Waals surface area contributed by atoms with E-state index in [1.807, 2.05) is 29.6 Å². The second-order valence-corrected chi connectivity index (χ2v) is 2.15. The van der Waals surface area contributed by atoms with Crippen molar-refractivity contribution in [3.63, 3.8) is 0 Å². The number of hydrogen-bond acceptors (Lipinski definition) is 1. The minimum absolute atomic E-state index is 0.599. The second kappa shape index (κ2) is 3.34. The van der Waals surface area contributed by atoms with Gasteiger partial charge in [0.05, 0.1) is 0 Å². The third-order valence-electron chi connectivity index (χ3n) is 1.42. The number of nitrogens with two attached hydrogens (primary N) is 2. The van der Waals surface area contributed by atoms with Gasteiger partial charge in [0.15, 0.2) is 0 Å². The van der Waals surface area contributed by atoms with Crippen molar-refractivity contribution in [2.75, 3.05) is 0 Å². The summed E-state index contributed by atoms with van der Waals surface area (Å²) >= 11 is 0. The predicted octanol–water partition coefficient (Wildman–Crippen LogP) is 0.132. The van der Waals surface area contributed by atoms with Gasteiger partial charge < -0.3 is 11.1 Å². The number of quaternary nitrogens is 1. The number of benzene rings is 1. The van der Waals surface area contributed by atoms with E-state index in [1.54, 1.807) is 0 Å². The maximum atomic E-state index is 5.44. The average Bonchev–Trinajstić information content (AvgIpc) is 2.05. The zero-order valence-electron chi connectivity index (χ0n) is 5.88. The molecule has 4 N–H and O–H groups in total. The molecule has 0 unspecified atom stereocenters. The van der Waals surface area contributed by atoms with E-state index in [0.29, 0.717) is 6.54 Å². The quantitative estimate of drug-likeness (QED) is 0.440. The SMILES string of the molecule is [CH2-][NH2+]c1cccc(CN)c1. The Balaban J connectivity index is 2.87. The Morgan fingerprint density at radius 1 is 1.50 bits per heavy atom. The summed E-state index contributed by atoms with van der Waals surface area (Å²) in [6.45, 7) is 0.599. The largest absolute Gasteiger partial charge is 0.446 e. The molecular weight excluding hydrogens is 124 g/mol. The van der Waals surface area contributed by atoms with Crippen molar-refractivity contribution in [1.82, 2.24) is 0 Å². The highest BCUT2D eigenvalue weighted by atomic mass is 14.8. The molecule has 0 bridgehead atoms. The van der Waals surface area contributed by atoms with Gasteiger partial charge in [-0.1, -0.05) is 12.1 Å². The topological polar surface area (TPSA) is 42.6 Å². The monoisotopic (exact) mass is 136 g/mol. The minimum Gasteiger partial charge on any atom is -0.446 e. The van der Waals surface area contributed by atoms with Crippen LogP contribution in [0, 0.1) is 7.05 Å². The molecule has 54 valence electrons. The van der Waals surface area contributed by atoms with Gasteiger partial charge in [-0.05, 0) is 11.6 Å². The van der Waals surface area contributed by atoms with Crippen LogP contribution >= 0.6 is 0 Å². The van der Waals surface area contributed by atoms with Gasteiger partial charge in [0.25, 0.3) is 0 Å². The molecule has 2 heteroatoms. The smallest absolute Gasteiger partial charge is 0.103 e. The Labute approximate surface area is 61.1 Å². The Morgan fingerprint density at radius 3 is 2.90 bits per heavy atom. The van der Waals surface area contributed by atoms with E-state index in [4.69, 9.17) is 5.73 Å². The van der Waals surface area contributed by atoms with E-state index < -0.39 is 0 Å². The molecule has 0 radical (unpaired) electrons. The van der Waals surface area contributed by atoms with Gasteiger partial charge in [-0.15, -0.1) is 7.05 Å². The fourth-order valence-corrected chi connectivity index (χ4v) is 0.847. The molecular formula is C8H12N2. The molecule has 2 nitrogen and oxygen atoms in total. The lowest BCUT2D eigenvalue weighted by atomic mass is 10.2. The van der Waals surface area contributed by atoms with E-state index in [9.17, 15) is 0 Å². The summed E-state index contributed by atoms with van der Waals surface area (Å²) < 4.78 is 0. The van der Waals surface area contributed by atoms with E-state index in [-0.39, 0.29) is 0 Å². The summed E-state index contributed by atoms with van der Waals surface area (Å²) in [5.74, 6) is 0. The fourth-order valence-electron chi connectivity index (χ4n) is 0.847. The lowest BCUT2D eigenvalue weighted by Crippen LogP contribution is -2.69.